The van der Waals surface area contributed by atoms with Gasteiger partial charge in [-0.1, -0.05) is 51.5 Å². The Labute approximate surface area is 139 Å². The van der Waals surface area contributed by atoms with Gasteiger partial charge in [-0.25, -0.2) is 4.79 Å². The van der Waals surface area contributed by atoms with E-state index in [0.29, 0.717) is 12.2 Å². The highest BCUT2D eigenvalue weighted by Crippen LogP contribution is 2.47. The lowest BCUT2D eigenvalue weighted by Crippen LogP contribution is -2.05. The van der Waals surface area contributed by atoms with Gasteiger partial charge in [-0.05, 0) is 26.2 Å². The molecule has 0 aliphatic rings. The molecule has 0 aromatic heterocycles. The zero-order valence-electron chi connectivity index (χ0n) is 15.5. The third-order valence-corrected chi connectivity index (χ3v) is 5.46. The van der Waals surface area contributed by atoms with Gasteiger partial charge >= 0.3 is 5.97 Å². The number of rotatable bonds is 14. The lowest BCUT2D eigenvalue weighted by atomic mass is 10.1. The standard InChI is InChI=1S/C19H38O2P/c1-18(2)19(20)21-16-14-12-10-8-6-7-9-11-13-15-17-22(3,4)5/h1,6-17H2,2-5H3/q+1. The molecule has 0 aromatic rings. The molecule has 3 heteroatoms. The van der Waals surface area contributed by atoms with Crippen molar-refractivity contribution in [2.24, 2.45) is 0 Å². The Hall–Kier alpha value is -0.360. The van der Waals surface area contributed by atoms with Crippen LogP contribution in [0.25, 0.3) is 0 Å². The summed E-state index contributed by atoms with van der Waals surface area (Å²) in [5.41, 5.74) is 0.490. The number of carbonyl (C=O) groups is 1. The minimum absolute atomic E-state index is 0.256. The predicted octanol–water partition coefficient (Wildman–Crippen LogP) is 5.91. The van der Waals surface area contributed by atoms with Crippen molar-refractivity contribution in [2.45, 2.75) is 71.1 Å². The van der Waals surface area contributed by atoms with E-state index < -0.39 is 7.26 Å². The van der Waals surface area contributed by atoms with Crippen LogP contribution < -0.4 is 0 Å². The molecule has 0 aromatic carbocycles. The zero-order valence-corrected chi connectivity index (χ0v) is 16.4. The van der Waals surface area contributed by atoms with Crippen molar-refractivity contribution in [3.63, 3.8) is 0 Å². The first-order valence-corrected chi connectivity index (χ1v) is 12.3. The number of esters is 1. The van der Waals surface area contributed by atoms with Gasteiger partial charge in [-0.3, -0.25) is 0 Å². The van der Waals surface area contributed by atoms with Crippen molar-refractivity contribution >= 4 is 13.2 Å². The van der Waals surface area contributed by atoms with Gasteiger partial charge < -0.3 is 4.74 Å². The Balaban J connectivity index is 3.15. The fourth-order valence-electron chi connectivity index (χ4n) is 2.39. The molecule has 0 rings (SSSR count). The molecule has 0 amide bonds. The van der Waals surface area contributed by atoms with Crippen molar-refractivity contribution < 1.29 is 9.53 Å². The van der Waals surface area contributed by atoms with Crippen molar-refractivity contribution in [3.05, 3.63) is 12.2 Å². The van der Waals surface area contributed by atoms with Gasteiger partial charge in [0.05, 0.1) is 12.8 Å². The topological polar surface area (TPSA) is 26.3 Å². The highest BCUT2D eigenvalue weighted by Gasteiger charge is 2.15. The number of carbonyl (C=O) groups excluding carboxylic acids is 1. The van der Waals surface area contributed by atoms with E-state index in [1.807, 2.05) is 0 Å². The maximum Gasteiger partial charge on any atom is 0.333 e. The third kappa shape index (κ3) is 16.0. The van der Waals surface area contributed by atoms with E-state index >= 15 is 0 Å². The van der Waals surface area contributed by atoms with Crippen LogP contribution in [0.2, 0.25) is 0 Å². The minimum atomic E-state index is -0.544. The molecule has 0 fully saturated rings. The van der Waals surface area contributed by atoms with E-state index in [1.165, 1.54) is 63.9 Å². The smallest absolute Gasteiger partial charge is 0.333 e. The Morgan fingerprint density at radius 3 is 1.64 bits per heavy atom. The van der Waals surface area contributed by atoms with Gasteiger partial charge in [0.15, 0.2) is 0 Å². The summed E-state index contributed by atoms with van der Waals surface area (Å²) >= 11 is 0. The molecule has 0 radical (unpaired) electrons. The van der Waals surface area contributed by atoms with Crippen molar-refractivity contribution in [1.82, 2.24) is 0 Å². The summed E-state index contributed by atoms with van der Waals surface area (Å²) in [6.45, 7) is 13.1. The van der Waals surface area contributed by atoms with Crippen LogP contribution in [-0.4, -0.2) is 38.7 Å². The van der Waals surface area contributed by atoms with Gasteiger partial charge in [-0.15, -0.1) is 0 Å². The minimum Gasteiger partial charge on any atom is -0.462 e. The number of unbranched alkanes of at least 4 members (excludes halogenated alkanes) is 9. The fourth-order valence-corrected chi connectivity index (χ4v) is 3.56. The van der Waals surface area contributed by atoms with Gasteiger partial charge in [0, 0.05) is 32.8 Å². The molecule has 0 N–H and O–H groups in total. The Kier molecular flexibility index (Phi) is 12.9. The third-order valence-electron chi connectivity index (χ3n) is 3.80. The van der Waals surface area contributed by atoms with E-state index in [9.17, 15) is 4.79 Å². The molecule has 2 nitrogen and oxygen atoms in total. The van der Waals surface area contributed by atoms with Crippen LogP contribution in [-0.2, 0) is 9.53 Å². The summed E-state index contributed by atoms with van der Waals surface area (Å²) < 4.78 is 5.07. The van der Waals surface area contributed by atoms with E-state index in [1.54, 1.807) is 6.92 Å². The van der Waals surface area contributed by atoms with Crippen molar-refractivity contribution in [1.29, 1.82) is 0 Å². The molecule has 0 heterocycles. The van der Waals surface area contributed by atoms with Crippen LogP contribution >= 0.6 is 7.26 Å². The van der Waals surface area contributed by atoms with Crippen LogP contribution in [0, 0.1) is 0 Å². The lowest BCUT2D eigenvalue weighted by Gasteiger charge is -2.10. The summed E-state index contributed by atoms with van der Waals surface area (Å²) in [6, 6.07) is 0. The van der Waals surface area contributed by atoms with Crippen molar-refractivity contribution in [3.8, 4) is 0 Å². The van der Waals surface area contributed by atoms with Gasteiger partial charge in [0.2, 0.25) is 0 Å². The number of ether oxygens (including phenoxy) is 1. The molecule has 0 saturated heterocycles. The molecular formula is C19H38O2P+. The molecule has 0 bridgehead atoms. The van der Waals surface area contributed by atoms with E-state index in [2.05, 4.69) is 26.6 Å². The SMILES string of the molecule is C=C(C)C(=O)OCCCCCCCCCCCC[P+](C)(C)C. The number of hydrogen-bond acceptors (Lipinski definition) is 2. The monoisotopic (exact) mass is 329 g/mol. The van der Waals surface area contributed by atoms with Crippen LogP contribution in [0.15, 0.2) is 12.2 Å². The lowest BCUT2D eigenvalue weighted by molar-refractivity contribution is -0.139. The van der Waals surface area contributed by atoms with E-state index in [-0.39, 0.29) is 5.97 Å². The molecule has 22 heavy (non-hydrogen) atoms. The normalized spacial score (nSPS) is 11.5. The summed E-state index contributed by atoms with van der Waals surface area (Å²) in [4.78, 5) is 11.2. The van der Waals surface area contributed by atoms with Gasteiger partial charge in [0.1, 0.15) is 0 Å². The maximum atomic E-state index is 11.2. The molecule has 0 atom stereocenters. The first kappa shape index (κ1) is 21.6. The highest BCUT2D eigenvalue weighted by atomic mass is 31.2. The summed E-state index contributed by atoms with van der Waals surface area (Å²) in [5.74, 6) is -0.256. The average Bonchev–Trinajstić information content (AvgIpc) is 2.42. The molecule has 0 saturated carbocycles. The molecule has 0 aliphatic heterocycles. The predicted molar refractivity (Wildman–Crippen MR) is 102 cm³/mol. The molecule has 130 valence electrons. The average molecular weight is 329 g/mol. The first-order chi connectivity index (χ1) is 10.3. The van der Waals surface area contributed by atoms with Crippen LogP contribution in [0.1, 0.15) is 71.1 Å². The molecular weight excluding hydrogens is 291 g/mol. The second kappa shape index (κ2) is 13.1. The second-order valence-corrected chi connectivity index (χ2v) is 12.5. The highest BCUT2D eigenvalue weighted by molar-refractivity contribution is 7.73. The van der Waals surface area contributed by atoms with E-state index in [4.69, 9.17) is 4.74 Å². The summed E-state index contributed by atoms with van der Waals surface area (Å²) in [7, 11) is -0.544. The molecule has 0 spiro atoms. The Bertz CT molecular complexity index is 305. The van der Waals surface area contributed by atoms with E-state index in [0.717, 1.165) is 6.42 Å². The summed E-state index contributed by atoms with van der Waals surface area (Å²) in [5, 5.41) is 0. The van der Waals surface area contributed by atoms with Crippen LogP contribution in [0.3, 0.4) is 0 Å². The second-order valence-electron chi connectivity index (χ2n) is 7.47. The summed E-state index contributed by atoms with van der Waals surface area (Å²) in [6.07, 6.45) is 14.6. The molecule has 0 aliphatic carbocycles. The number of hydrogen-bond donors (Lipinski definition) is 0. The Morgan fingerprint density at radius 2 is 1.23 bits per heavy atom. The maximum absolute atomic E-state index is 11.2. The first-order valence-electron chi connectivity index (χ1n) is 8.96. The van der Waals surface area contributed by atoms with Gasteiger partial charge in [0.25, 0.3) is 0 Å². The zero-order chi connectivity index (χ0) is 16.8. The van der Waals surface area contributed by atoms with Crippen molar-refractivity contribution in [2.75, 3.05) is 32.8 Å². The van der Waals surface area contributed by atoms with Gasteiger partial charge in [-0.2, -0.15) is 0 Å². The fraction of sp³-hybridized carbons (Fsp3) is 0.842. The van der Waals surface area contributed by atoms with Crippen LogP contribution in [0.5, 0.6) is 0 Å². The molecule has 0 unspecified atom stereocenters. The quantitative estimate of drug-likeness (QED) is 0.171. The van der Waals surface area contributed by atoms with Crippen LogP contribution in [0.4, 0.5) is 0 Å². The largest absolute Gasteiger partial charge is 0.462 e. The Morgan fingerprint density at radius 1 is 0.818 bits per heavy atom.